The smallest absolute Gasteiger partial charge is 0.337 e. The predicted molar refractivity (Wildman–Crippen MR) is 139 cm³/mol. The molecule has 0 amide bonds. The number of aryl methyl sites for hydroxylation is 1. The summed E-state index contributed by atoms with van der Waals surface area (Å²) in [7, 11) is 3.32. The Kier molecular flexibility index (Phi) is 7.56. The zero-order chi connectivity index (χ0) is 24.9. The molecule has 0 unspecified atom stereocenters. The summed E-state index contributed by atoms with van der Waals surface area (Å²) in [4.78, 5) is 31.7. The maximum absolute atomic E-state index is 13.1. The molecular weight excluding hydrogens is 464 g/mol. The van der Waals surface area contributed by atoms with Crippen molar-refractivity contribution < 1.29 is 9.53 Å². The Morgan fingerprint density at radius 1 is 1.09 bits per heavy atom. The Balaban J connectivity index is 1.72. The second-order valence-corrected chi connectivity index (χ2v) is 8.98. The molecule has 35 heavy (non-hydrogen) atoms. The van der Waals surface area contributed by atoms with Crippen molar-refractivity contribution in [2.75, 3.05) is 19.1 Å². The molecule has 0 radical (unpaired) electrons. The summed E-state index contributed by atoms with van der Waals surface area (Å²) < 4.78 is 8.50. The lowest BCUT2D eigenvalue weighted by Gasteiger charge is -2.24. The Morgan fingerprint density at radius 2 is 1.80 bits per heavy atom. The van der Waals surface area contributed by atoms with Crippen molar-refractivity contribution in [3.8, 4) is 11.3 Å². The number of imidazole rings is 1. The van der Waals surface area contributed by atoms with E-state index in [1.807, 2.05) is 48.3 Å². The summed E-state index contributed by atoms with van der Waals surface area (Å²) in [6.07, 6.45) is 4.94. The monoisotopic (exact) mass is 492 g/mol. The molecule has 0 saturated heterocycles. The molecule has 7 nitrogen and oxygen atoms in total. The first kappa shape index (κ1) is 24.5. The highest BCUT2D eigenvalue weighted by atomic mass is 35.5. The average Bonchev–Trinajstić information content (AvgIpc) is 3.32. The third-order valence-electron chi connectivity index (χ3n) is 6.01. The summed E-state index contributed by atoms with van der Waals surface area (Å²) in [5, 5.41) is 0.653. The van der Waals surface area contributed by atoms with Crippen LogP contribution >= 0.6 is 11.6 Å². The van der Waals surface area contributed by atoms with Crippen molar-refractivity contribution in [3.05, 3.63) is 87.3 Å². The molecule has 0 aliphatic heterocycles. The van der Waals surface area contributed by atoms with Crippen molar-refractivity contribution in [1.29, 1.82) is 0 Å². The quantitative estimate of drug-likeness (QED) is 0.230. The lowest BCUT2D eigenvalue weighted by Crippen LogP contribution is -2.27. The molecule has 0 N–H and O–H groups in total. The number of carbonyl (C=O) groups excluding carboxylic acids is 1. The number of esters is 1. The van der Waals surface area contributed by atoms with Crippen LogP contribution < -0.4 is 10.5 Å². The minimum Gasteiger partial charge on any atom is -0.465 e. The van der Waals surface area contributed by atoms with Crippen LogP contribution in [0.15, 0.2) is 65.6 Å². The van der Waals surface area contributed by atoms with Crippen molar-refractivity contribution in [3.63, 3.8) is 0 Å². The van der Waals surface area contributed by atoms with Crippen LogP contribution in [0.25, 0.3) is 17.0 Å². The van der Waals surface area contributed by atoms with Gasteiger partial charge in [-0.1, -0.05) is 55.6 Å². The molecular formula is C27H29ClN4O3. The summed E-state index contributed by atoms with van der Waals surface area (Å²) in [5.41, 5.74) is 3.00. The Hall–Kier alpha value is -3.58. The zero-order valence-corrected chi connectivity index (χ0v) is 21.0. The van der Waals surface area contributed by atoms with Gasteiger partial charge in [-0.25, -0.2) is 9.78 Å². The molecule has 0 atom stereocenters. The van der Waals surface area contributed by atoms with Gasteiger partial charge in [0, 0.05) is 43.0 Å². The molecule has 182 valence electrons. The topological polar surface area (TPSA) is 68.8 Å². The number of anilines is 1. The van der Waals surface area contributed by atoms with Crippen LogP contribution in [0.5, 0.6) is 0 Å². The number of hydrogen-bond acceptors (Lipinski definition) is 5. The van der Waals surface area contributed by atoms with Gasteiger partial charge < -0.3 is 9.64 Å². The van der Waals surface area contributed by atoms with Gasteiger partial charge in [0.15, 0.2) is 0 Å². The Bertz CT molecular complexity index is 1370. The first-order chi connectivity index (χ1) is 16.9. The highest BCUT2D eigenvalue weighted by Gasteiger charge is 2.17. The number of methoxy groups -OCH3 is 1. The SMILES string of the molecule is CCCCCn1c(N(C)Cc2ccc(C(=O)OC)cc2)cc(=O)n2cc(-c3ccc(Cl)cc3)nc12. The van der Waals surface area contributed by atoms with Crippen LogP contribution in [0.1, 0.15) is 42.1 Å². The molecule has 0 aliphatic carbocycles. The maximum Gasteiger partial charge on any atom is 0.337 e. The van der Waals surface area contributed by atoms with E-state index in [-0.39, 0.29) is 11.5 Å². The second kappa shape index (κ2) is 10.8. The summed E-state index contributed by atoms with van der Waals surface area (Å²) >= 11 is 6.04. The first-order valence-corrected chi connectivity index (χ1v) is 12.1. The van der Waals surface area contributed by atoms with Crippen LogP contribution in [0.4, 0.5) is 5.82 Å². The molecule has 0 saturated carbocycles. The van der Waals surface area contributed by atoms with Crippen molar-refractivity contribution >= 4 is 29.2 Å². The van der Waals surface area contributed by atoms with E-state index < -0.39 is 0 Å². The fraction of sp³-hybridized carbons (Fsp3) is 0.296. The number of fused-ring (bicyclic) bond motifs is 1. The van der Waals surface area contributed by atoms with E-state index in [1.54, 1.807) is 28.8 Å². The zero-order valence-electron chi connectivity index (χ0n) is 20.2. The average molecular weight is 493 g/mol. The molecule has 0 spiro atoms. The minimum absolute atomic E-state index is 0.137. The van der Waals surface area contributed by atoms with Crippen molar-refractivity contribution in [1.82, 2.24) is 14.0 Å². The van der Waals surface area contributed by atoms with Crippen LogP contribution in [0, 0.1) is 0 Å². The highest BCUT2D eigenvalue weighted by Crippen LogP contribution is 2.24. The number of carbonyl (C=O) groups is 1. The molecule has 8 heteroatoms. The predicted octanol–water partition coefficient (Wildman–Crippen LogP) is 5.43. The number of ether oxygens (including phenoxy) is 1. The first-order valence-electron chi connectivity index (χ1n) is 11.7. The van der Waals surface area contributed by atoms with Crippen LogP contribution in [-0.4, -0.2) is 34.1 Å². The molecule has 4 aromatic rings. The van der Waals surface area contributed by atoms with Gasteiger partial charge in [0.05, 0.1) is 18.4 Å². The number of benzene rings is 2. The highest BCUT2D eigenvalue weighted by molar-refractivity contribution is 6.30. The van der Waals surface area contributed by atoms with Gasteiger partial charge in [0.2, 0.25) is 5.78 Å². The van der Waals surface area contributed by atoms with E-state index in [0.29, 0.717) is 22.9 Å². The van der Waals surface area contributed by atoms with Crippen molar-refractivity contribution in [2.45, 2.75) is 39.3 Å². The summed E-state index contributed by atoms with van der Waals surface area (Å²) in [6, 6.07) is 16.4. The van der Waals surface area contributed by atoms with Crippen LogP contribution in [-0.2, 0) is 17.8 Å². The van der Waals surface area contributed by atoms with E-state index in [9.17, 15) is 9.59 Å². The summed E-state index contributed by atoms with van der Waals surface area (Å²) in [6.45, 7) is 3.48. The largest absolute Gasteiger partial charge is 0.465 e. The number of hydrogen-bond donors (Lipinski definition) is 0. The molecule has 0 fully saturated rings. The van der Waals surface area contributed by atoms with Gasteiger partial charge in [-0.05, 0) is 36.2 Å². The van der Waals surface area contributed by atoms with E-state index in [2.05, 4.69) is 11.5 Å². The van der Waals surface area contributed by atoms with E-state index in [4.69, 9.17) is 21.3 Å². The second-order valence-electron chi connectivity index (χ2n) is 8.55. The van der Waals surface area contributed by atoms with Crippen LogP contribution in [0.3, 0.4) is 0 Å². The number of unbranched alkanes of at least 4 members (excludes halogenated alkanes) is 2. The van der Waals surface area contributed by atoms with Gasteiger partial charge in [0.1, 0.15) is 5.82 Å². The normalized spacial score (nSPS) is 11.1. The van der Waals surface area contributed by atoms with Gasteiger partial charge in [0.25, 0.3) is 5.56 Å². The Labute approximate surface area is 209 Å². The molecule has 2 aromatic heterocycles. The molecule has 4 rings (SSSR count). The third kappa shape index (κ3) is 5.41. The fourth-order valence-electron chi connectivity index (χ4n) is 4.11. The van der Waals surface area contributed by atoms with Gasteiger partial charge >= 0.3 is 5.97 Å². The van der Waals surface area contributed by atoms with E-state index in [1.165, 1.54) is 7.11 Å². The lowest BCUT2D eigenvalue weighted by atomic mass is 10.1. The minimum atomic E-state index is -0.365. The third-order valence-corrected chi connectivity index (χ3v) is 6.26. The van der Waals surface area contributed by atoms with Gasteiger partial charge in [-0.15, -0.1) is 0 Å². The molecule has 2 heterocycles. The van der Waals surface area contributed by atoms with Gasteiger partial charge in [-0.3, -0.25) is 13.8 Å². The van der Waals surface area contributed by atoms with Crippen molar-refractivity contribution in [2.24, 2.45) is 0 Å². The number of nitrogens with zero attached hydrogens (tertiary/aromatic N) is 4. The van der Waals surface area contributed by atoms with E-state index >= 15 is 0 Å². The number of halogens is 1. The van der Waals surface area contributed by atoms with E-state index in [0.717, 1.165) is 48.4 Å². The number of rotatable bonds is 9. The fourth-order valence-corrected chi connectivity index (χ4v) is 4.24. The molecule has 2 aromatic carbocycles. The standard InChI is InChI=1S/C27H29ClN4O3/c1-4-5-6-15-31-24(30(2)17-19-7-9-21(10-8-19)26(34)35-3)16-25(33)32-18-23(29-27(31)32)20-11-13-22(28)14-12-20/h7-14,16,18H,4-6,15,17H2,1-3H3. The molecule has 0 aliphatic rings. The lowest BCUT2D eigenvalue weighted by molar-refractivity contribution is 0.0600. The maximum atomic E-state index is 13.1. The van der Waals surface area contributed by atoms with Gasteiger partial charge in [-0.2, -0.15) is 0 Å². The molecule has 0 bridgehead atoms. The van der Waals surface area contributed by atoms with Crippen LogP contribution in [0.2, 0.25) is 5.02 Å². The number of aromatic nitrogens is 3. The Morgan fingerprint density at radius 3 is 2.46 bits per heavy atom. The summed E-state index contributed by atoms with van der Waals surface area (Å²) in [5.74, 6) is 1.04.